The summed E-state index contributed by atoms with van der Waals surface area (Å²) in [6.45, 7) is -0.546. The quantitative estimate of drug-likeness (QED) is 0.526. The highest BCUT2D eigenvalue weighted by Crippen LogP contribution is 2.33. The van der Waals surface area contributed by atoms with Crippen LogP contribution in [0.25, 0.3) is 11.3 Å². The first-order valence-corrected chi connectivity index (χ1v) is 9.80. The number of aromatic nitrogens is 1. The summed E-state index contributed by atoms with van der Waals surface area (Å²) in [6, 6.07) is 9.31. The van der Waals surface area contributed by atoms with Crippen LogP contribution in [0.3, 0.4) is 0 Å². The van der Waals surface area contributed by atoms with E-state index in [1.807, 2.05) is 6.07 Å². The van der Waals surface area contributed by atoms with Gasteiger partial charge in [-0.3, -0.25) is 10.1 Å². The molecule has 156 valence electrons. The average molecular weight is 449 g/mol. The number of amides is 1. The number of carbonyl (C=O) groups is 2. The molecule has 0 unspecified atom stereocenters. The second-order valence-corrected chi connectivity index (χ2v) is 7.19. The molecule has 0 bridgehead atoms. The van der Waals surface area contributed by atoms with Crippen molar-refractivity contribution in [2.24, 2.45) is 0 Å². The standard InChI is InChI=1S/C20H17ClN2O6S/c1-27-16-6-3-11(7-17(16)28-2)14-10-30-20(22-14)23-18(25)9-29-19(26)13-8-12(21)4-5-15(13)24/h3-8,10,24H,9H2,1-2H3,(H,22,23,25). The van der Waals surface area contributed by atoms with Gasteiger partial charge in [0.2, 0.25) is 0 Å². The summed E-state index contributed by atoms with van der Waals surface area (Å²) in [4.78, 5) is 28.5. The summed E-state index contributed by atoms with van der Waals surface area (Å²) >= 11 is 7.02. The average Bonchev–Trinajstić information content (AvgIpc) is 3.21. The zero-order valence-corrected chi connectivity index (χ0v) is 17.5. The predicted molar refractivity (Wildman–Crippen MR) is 113 cm³/mol. The van der Waals surface area contributed by atoms with Gasteiger partial charge in [0.15, 0.2) is 23.2 Å². The van der Waals surface area contributed by atoms with Crippen LogP contribution in [0.1, 0.15) is 10.4 Å². The van der Waals surface area contributed by atoms with Gasteiger partial charge in [-0.25, -0.2) is 9.78 Å². The molecule has 0 aliphatic heterocycles. The lowest BCUT2D eigenvalue weighted by Crippen LogP contribution is -2.20. The highest BCUT2D eigenvalue weighted by molar-refractivity contribution is 7.14. The van der Waals surface area contributed by atoms with E-state index in [9.17, 15) is 14.7 Å². The van der Waals surface area contributed by atoms with E-state index >= 15 is 0 Å². The monoisotopic (exact) mass is 448 g/mol. The molecule has 0 fully saturated rings. The zero-order valence-electron chi connectivity index (χ0n) is 16.0. The van der Waals surface area contributed by atoms with Crippen LogP contribution in [-0.4, -0.2) is 42.8 Å². The van der Waals surface area contributed by atoms with Crippen molar-refractivity contribution in [2.75, 3.05) is 26.1 Å². The molecule has 0 aliphatic carbocycles. The van der Waals surface area contributed by atoms with Gasteiger partial charge >= 0.3 is 5.97 Å². The van der Waals surface area contributed by atoms with Crippen molar-refractivity contribution >= 4 is 39.9 Å². The van der Waals surface area contributed by atoms with Crippen LogP contribution in [-0.2, 0) is 9.53 Å². The number of methoxy groups -OCH3 is 2. The third kappa shape index (κ3) is 5.00. The Morgan fingerprint density at radius 1 is 1.13 bits per heavy atom. The maximum atomic E-state index is 12.1. The third-order valence-corrected chi connectivity index (χ3v) is 4.94. The van der Waals surface area contributed by atoms with Gasteiger partial charge in [0.25, 0.3) is 5.91 Å². The van der Waals surface area contributed by atoms with E-state index in [0.29, 0.717) is 22.3 Å². The van der Waals surface area contributed by atoms with Gasteiger partial charge in [0.1, 0.15) is 11.3 Å². The van der Waals surface area contributed by atoms with E-state index in [4.69, 9.17) is 25.8 Å². The van der Waals surface area contributed by atoms with Gasteiger partial charge in [0.05, 0.1) is 19.9 Å². The number of phenols is 1. The number of phenolic OH excluding ortho intramolecular Hbond substituents is 1. The Hall–Kier alpha value is -3.30. The molecule has 0 aliphatic rings. The van der Waals surface area contributed by atoms with Crippen molar-refractivity contribution in [3.8, 4) is 28.5 Å². The molecule has 0 saturated carbocycles. The fourth-order valence-electron chi connectivity index (χ4n) is 2.50. The van der Waals surface area contributed by atoms with Crippen molar-refractivity contribution in [3.63, 3.8) is 0 Å². The highest BCUT2D eigenvalue weighted by Gasteiger charge is 2.16. The Morgan fingerprint density at radius 2 is 1.90 bits per heavy atom. The van der Waals surface area contributed by atoms with Gasteiger partial charge in [0, 0.05) is 16.0 Å². The predicted octanol–water partition coefficient (Wildman–Crippen LogP) is 3.98. The Balaban J connectivity index is 1.61. The van der Waals surface area contributed by atoms with E-state index in [0.717, 1.165) is 5.56 Å². The van der Waals surface area contributed by atoms with Crippen LogP contribution in [0.15, 0.2) is 41.8 Å². The van der Waals surface area contributed by atoms with Gasteiger partial charge in [-0.05, 0) is 36.4 Å². The van der Waals surface area contributed by atoms with Crippen LogP contribution >= 0.6 is 22.9 Å². The van der Waals surface area contributed by atoms with Crippen LogP contribution in [0.5, 0.6) is 17.2 Å². The first-order chi connectivity index (χ1) is 14.4. The molecule has 3 aromatic rings. The number of ether oxygens (including phenoxy) is 3. The number of thiazole rings is 1. The second-order valence-electron chi connectivity index (χ2n) is 5.89. The number of hydrogen-bond donors (Lipinski definition) is 2. The fraction of sp³-hybridized carbons (Fsp3) is 0.150. The van der Waals surface area contributed by atoms with E-state index in [-0.39, 0.29) is 16.3 Å². The minimum Gasteiger partial charge on any atom is -0.507 e. The Morgan fingerprint density at radius 3 is 2.63 bits per heavy atom. The lowest BCUT2D eigenvalue weighted by Gasteiger charge is -2.08. The second kappa shape index (κ2) is 9.47. The summed E-state index contributed by atoms with van der Waals surface area (Å²) in [5.74, 6) is -0.569. The molecular formula is C20H17ClN2O6S. The first kappa shape index (κ1) is 21.4. The fourth-order valence-corrected chi connectivity index (χ4v) is 3.40. The summed E-state index contributed by atoms with van der Waals surface area (Å²) in [6.07, 6.45) is 0. The molecule has 30 heavy (non-hydrogen) atoms. The van der Waals surface area contributed by atoms with Crippen molar-refractivity contribution in [1.29, 1.82) is 0 Å². The van der Waals surface area contributed by atoms with Crippen molar-refractivity contribution in [1.82, 2.24) is 4.98 Å². The Labute approximate surface area is 181 Å². The Bertz CT molecular complexity index is 1080. The number of anilines is 1. The smallest absolute Gasteiger partial charge is 0.342 e. The maximum absolute atomic E-state index is 12.1. The van der Waals surface area contributed by atoms with E-state index in [1.54, 1.807) is 31.7 Å². The van der Waals surface area contributed by atoms with Gasteiger partial charge in [-0.1, -0.05) is 11.6 Å². The molecule has 0 radical (unpaired) electrons. The highest BCUT2D eigenvalue weighted by atomic mass is 35.5. The Kier molecular flexibility index (Phi) is 6.76. The summed E-state index contributed by atoms with van der Waals surface area (Å²) in [7, 11) is 3.09. The largest absolute Gasteiger partial charge is 0.507 e. The van der Waals surface area contributed by atoms with Crippen molar-refractivity contribution in [3.05, 3.63) is 52.4 Å². The number of aromatic hydroxyl groups is 1. The van der Waals surface area contributed by atoms with Crippen LogP contribution < -0.4 is 14.8 Å². The molecule has 1 amide bonds. The zero-order chi connectivity index (χ0) is 21.7. The van der Waals surface area contributed by atoms with Gasteiger partial charge < -0.3 is 19.3 Å². The molecule has 1 heterocycles. The topological polar surface area (TPSA) is 107 Å². The minimum absolute atomic E-state index is 0.125. The molecule has 2 N–H and O–H groups in total. The molecular weight excluding hydrogens is 432 g/mol. The third-order valence-electron chi connectivity index (χ3n) is 3.94. The first-order valence-electron chi connectivity index (χ1n) is 8.54. The molecule has 8 nitrogen and oxygen atoms in total. The number of nitrogens with one attached hydrogen (secondary N) is 1. The molecule has 0 atom stereocenters. The van der Waals surface area contributed by atoms with Gasteiger partial charge in [-0.2, -0.15) is 0 Å². The van der Waals surface area contributed by atoms with Crippen molar-refractivity contribution in [2.45, 2.75) is 0 Å². The minimum atomic E-state index is -0.865. The summed E-state index contributed by atoms with van der Waals surface area (Å²) in [5, 5.41) is 14.6. The summed E-state index contributed by atoms with van der Waals surface area (Å²) < 4.78 is 15.4. The molecule has 0 saturated heterocycles. The molecule has 0 spiro atoms. The van der Waals surface area contributed by atoms with Gasteiger partial charge in [-0.15, -0.1) is 11.3 Å². The number of halogens is 1. The number of carbonyl (C=O) groups excluding carboxylic acids is 2. The number of benzene rings is 2. The van der Waals surface area contributed by atoms with E-state index in [1.165, 1.54) is 29.5 Å². The molecule has 10 heteroatoms. The van der Waals surface area contributed by atoms with E-state index in [2.05, 4.69) is 10.3 Å². The summed E-state index contributed by atoms with van der Waals surface area (Å²) in [5.41, 5.74) is 1.30. The number of hydrogen-bond acceptors (Lipinski definition) is 8. The number of nitrogens with zero attached hydrogens (tertiary/aromatic N) is 1. The van der Waals surface area contributed by atoms with Crippen molar-refractivity contribution < 1.29 is 28.9 Å². The SMILES string of the molecule is COc1ccc(-c2csc(NC(=O)COC(=O)c3cc(Cl)ccc3O)n2)cc1OC. The number of esters is 1. The normalized spacial score (nSPS) is 10.4. The molecule has 1 aromatic heterocycles. The molecule has 2 aromatic carbocycles. The van der Waals surface area contributed by atoms with Crippen LogP contribution in [0, 0.1) is 0 Å². The lowest BCUT2D eigenvalue weighted by atomic mass is 10.1. The van der Waals surface area contributed by atoms with E-state index < -0.39 is 18.5 Å². The number of rotatable bonds is 7. The van der Waals surface area contributed by atoms with Crippen LogP contribution in [0.2, 0.25) is 5.02 Å². The maximum Gasteiger partial charge on any atom is 0.342 e. The molecule has 3 rings (SSSR count). The van der Waals surface area contributed by atoms with Crippen LogP contribution in [0.4, 0.5) is 5.13 Å². The lowest BCUT2D eigenvalue weighted by molar-refractivity contribution is -0.119.